The molecule has 1 aromatic heterocycles. The van der Waals surface area contributed by atoms with Crippen LogP contribution in [0, 0.1) is 6.92 Å². The van der Waals surface area contributed by atoms with Crippen LogP contribution in [0.15, 0.2) is 27.4 Å². The van der Waals surface area contributed by atoms with Crippen LogP contribution in [0.3, 0.4) is 0 Å². The van der Waals surface area contributed by atoms with Gasteiger partial charge in [0.25, 0.3) is 0 Å². The van der Waals surface area contributed by atoms with Crippen LogP contribution in [0.25, 0.3) is 11.0 Å². The molecule has 1 unspecified atom stereocenters. The van der Waals surface area contributed by atoms with E-state index in [1.165, 1.54) is 0 Å². The molecule has 1 aromatic carbocycles. The van der Waals surface area contributed by atoms with E-state index in [1.54, 1.807) is 0 Å². The van der Waals surface area contributed by atoms with Crippen LogP contribution in [0.4, 0.5) is 0 Å². The second kappa shape index (κ2) is 4.34. The SMILES string of the molecule is Cc1ccc2c3c(c(=O)oc2c1)CC(C)(OC(C)(C)C)O3. The van der Waals surface area contributed by atoms with Crippen LogP contribution in [0.5, 0.6) is 5.75 Å². The zero-order chi connectivity index (χ0) is 15.4. The molecule has 3 rings (SSSR count). The summed E-state index contributed by atoms with van der Waals surface area (Å²) in [7, 11) is 0. The van der Waals surface area contributed by atoms with Gasteiger partial charge in [-0.15, -0.1) is 0 Å². The Kier molecular flexibility index (Phi) is 2.92. The first kappa shape index (κ1) is 14.1. The zero-order valence-electron chi connectivity index (χ0n) is 13.1. The van der Waals surface area contributed by atoms with Crippen molar-refractivity contribution in [3.8, 4) is 5.75 Å². The quantitative estimate of drug-likeness (QED) is 0.753. The van der Waals surface area contributed by atoms with Crippen molar-refractivity contribution in [1.82, 2.24) is 0 Å². The van der Waals surface area contributed by atoms with Crippen LogP contribution in [0.1, 0.15) is 38.8 Å². The number of rotatable bonds is 1. The molecule has 0 saturated heterocycles. The van der Waals surface area contributed by atoms with E-state index in [4.69, 9.17) is 13.9 Å². The Morgan fingerprint density at radius 1 is 1.29 bits per heavy atom. The average Bonchev–Trinajstić information content (AvgIpc) is 2.64. The van der Waals surface area contributed by atoms with E-state index in [0.29, 0.717) is 23.3 Å². The van der Waals surface area contributed by atoms with E-state index in [-0.39, 0.29) is 11.2 Å². The molecule has 1 aliphatic rings. The van der Waals surface area contributed by atoms with Gasteiger partial charge in [0.2, 0.25) is 5.79 Å². The molecule has 0 fully saturated rings. The highest BCUT2D eigenvalue weighted by molar-refractivity contribution is 5.85. The van der Waals surface area contributed by atoms with Gasteiger partial charge in [0, 0.05) is 13.3 Å². The molecule has 0 saturated carbocycles. The van der Waals surface area contributed by atoms with Crippen molar-refractivity contribution in [3.63, 3.8) is 0 Å². The number of aryl methyl sites for hydroxylation is 1. The summed E-state index contributed by atoms with van der Waals surface area (Å²) in [6, 6.07) is 5.75. The van der Waals surface area contributed by atoms with Gasteiger partial charge in [-0.3, -0.25) is 0 Å². The second-order valence-corrected chi connectivity index (χ2v) is 6.82. The Hall–Kier alpha value is -1.81. The molecular weight excluding hydrogens is 268 g/mol. The Labute approximate surface area is 123 Å². The highest BCUT2D eigenvalue weighted by atomic mass is 16.7. The van der Waals surface area contributed by atoms with Crippen LogP contribution < -0.4 is 10.4 Å². The molecule has 0 spiro atoms. The Bertz CT molecular complexity index is 767. The van der Waals surface area contributed by atoms with Gasteiger partial charge in [0.15, 0.2) is 0 Å². The first-order valence-corrected chi connectivity index (χ1v) is 7.12. The molecule has 0 radical (unpaired) electrons. The van der Waals surface area contributed by atoms with E-state index < -0.39 is 5.79 Å². The van der Waals surface area contributed by atoms with Crippen molar-refractivity contribution >= 4 is 11.0 Å². The molecule has 0 amide bonds. The highest BCUT2D eigenvalue weighted by Crippen LogP contribution is 2.40. The molecule has 2 aromatic rings. The van der Waals surface area contributed by atoms with Gasteiger partial charge in [-0.1, -0.05) is 6.07 Å². The summed E-state index contributed by atoms with van der Waals surface area (Å²) in [4.78, 5) is 12.2. The maximum Gasteiger partial charge on any atom is 0.343 e. The summed E-state index contributed by atoms with van der Waals surface area (Å²) in [5.41, 5.74) is 1.45. The van der Waals surface area contributed by atoms with E-state index in [1.807, 2.05) is 52.8 Å². The minimum absolute atomic E-state index is 0.343. The monoisotopic (exact) mass is 288 g/mol. The molecule has 1 atom stereocenters. The molecule has 2 heterocycles. The largest absolute Gasteiger partial charge is 0.461 e. The molecule has 112 valence electrons. The van der Waals surface area contributed by atoms with Gasteiger partial charge in [0.05, 0.1) is 16.6 Å². The lowest BCUT2D eigenvalue weighted by molar-refractivity contribution is -0.213. The van der Waals surface area contributed by atoms with Crippen molar-refractivity contribution in [2.24, 2.45) is 0 Å². The van der Waals surface area contributed by atoms with Gasteiger partial charge in [-0.2, -0.15) is 0 Å². The van der Waals surface area contributed by atoms with Crippen molar-refractivity contribution in [1.29, 1.82) is 0 Å². The number of benzene rings is 1. The maximum atomic E-state index is 12.2. The molecule has 0 N–H and O–H groups in total. The van der Waals surface area contributed by atoms with Crippen LogP contribution in [-0.4, -0.2) is 11.4 Å². The third kappa shape index (κ3) is 2.56. The average molecular weight is 288 g/mol. The lowest BCUT2D eigenvalue weighted by Crippen LogP contribution is -2.41. The van der Waals surface area contributed by atoms with Gasteiger partial charge < -0.3 is 13.9 Å². The van der Waals surface area contributed by atoms with Crippen LogP contribution in [0.2, 0.25) is 0 Å². The second-order valence-electron chi connectivity index (χ2n) is 6.82. The predicted molar refractivity (Wildman–Crippen MR) is 80.8 cm³/mol. The van der Waals surface area contributed by atoms with Crippen molar-refractivity contribution < 1.29 is 13.9 Å². The summed E-state index contributed by atoms with van der Waals surface area (Å²) >= 11 is 0. The number of hydrogen-bond acceptors (Lipinski definition) is 4. The molecule has 4 heteroatoms. The van der Waals surface area contributed by atoms with Gasteiger partial charge in [-0.25, -0.2) is 4.79 Å². The fourth-order valence-corrected chi connectivity index (χ4v) is 2.87. The first-order valence-electron chi connectivity index (χ1n) is 7.12. The predicted octanol–water partition coefficient (Wildman–Crippen LogP) is 3.57. The van der Waals surface area contributed by atoms with E-state index in [9.17, 15) is 4.79 Å². The highest BCUT2D eigenvalue weighted by Gasteiger charge is 2.42. The van der Waals surface area contributed by atoms with E-state index in [0.717, 1.165) is 10.9 Å². The van der Waals surface area contributed by atoms with E-state index >= 15 is 0 Å². The van der Waals surface area contributed by atoms with Crippen LogP contribution >= 0.6 is 0 Å². The fraction of sp³-hybridized carbons (Fsp3) is 0.471. The zero-order valence-corrected chi connectivity index (χ0v) is 13.1. The fourth-order valence-electron chi connectivity index (χ4n) is 2.87. The summed E-state index contributed by atoms with van der Waals surface area (Å²) in [5.74, 6) is -0.248. The minimum Gasteiger partial charge on any atom is -0.461 e. The van der Waals surface area contributed by atoms with Crippen LogP contribution in [-0.2, 0) is 11.2 Å². The third-order valence-electron chi connectivity index (χ3n) is 3.44. The van der Waals surface area contributed by atoms with Gasteiger partial charge in [-0.05, 0) is 45.4 Å². The topological polar surface area (TPSA) is 48.7 Å². The Morgan fingerprint density at radius 2 is 2.00 bits per heavy atom. The standard InChI is InChI=1S/C17H20O4/c1-10-6-7-11-13(8-10)19-15(18)12-9-17(5,20-14(11)12)21-16(2,3)4/h6-8H,9H2,1-5H3. The lowest BCUT2D eigenvalue weighted by atomic mass is 10.1. The number of ether oxygens (including phenoxy) is 2. The maximum absolute atomic E-state index is 12.2. The lowest BCUT2D eigenvalue weighted by Gasteiger charge is -2.32. The molecule has 1 aliphatic heterocycles. The normalized spacial score (nSPS) is 21.4. The molecule has 21 heavy (non-hydrogen) atoms. The minimum atomic E-state index is -0.839. The number of fused-ring (bicyclic) bond motifs is 3. The summed E-state index contributed by atoms with van der Waals surface area (Å²) in [6.07, 6.45) is 0.395. The smallest absolute Gasteiger partial charge is 0.343 e. The molecule has 4 nitrogen and oxygen atoms in total. The Morgan fingerprint density at radius 3 is 2.67 bits per heavy atom. The summed E-state index contributed by atoms with van der Waals surface area (Å²) in [6.45, 7) is 9.72. The molecule has 0 bridgehead atoms. The third-order valence-corrected chi connectivity index (χ3v) is 3.44. The van der Waals surface area contributed by atoms with Gasteiger partial charge >= 0.3 is 5.63 Å². The van der Waals surface area contributed by atoms with Crippen molar-refractivity contribution in [3.05, 3.63) is 39.7 Å². The first-order chi connectivity index (χ1) is 9.67. The Balaban J connectivity index is 2.13. The number of hydrogen-bond donors (Lipinski definition) is 0. The summed E-state index contributed by atoms with van der Waals surface area (Å²) < 4.78 is 17.4. The van der Waals surface area contributed by atoms with Gasteiger partial charge in [0.1, 0.15) is 11.3 Å². The van der Waals surface area contributed by atoms with Crippen molar-refractivity contribution in [2.45, 2.75) is 52.4 Å². The van der Waals surface area contributed by atoms with E-state index in [2.05, 4.69) is 0 Å². The summed E-state index contributed by atoms with van der Waals surface area (Å²) in [5, 5.41) is 0.816. The molecular formula is C17H20O4. The van der Waals surface area contributed by atoms with Crippen molar-refractivity contribution in [2.75, 3.05) is 0 Å². The molecule has 0 aliphatic carbocycles.